The van der Waals surface area contributed by atoms with Crippen LogP contribution < -0.4 is 16.0 Å². The number of carbonyl (C=O) groups excluding carboxylic acids is 1. The minimum absolute atomic E-state index is 0.00383. The zero-order chi connectivity index (χ0) is 21.7. The lowest BCUT2D eigenvalue weighted by atomic mass is 9.89. The number of pyridine rings is 1. The summed E-state index contributed by atoms with van der Waals surface area (Å²) >= 11 is 0. The van der Waals surface area contributed by atoms with Gasteiger partial charge in [-0.2, -0.15) is 0 Å². The van der Waals surface area contributed by atoms with Gasteiger partial charge in [0.2, 0.25) is 0 Å². The Morgan fingerprint density at radius 1 is 1.16 bits per heavy atom. The molecule has 4 bridgehead atoms. The number of anilines is 3. The summed E-state index contributed by atoms with van der Waals surface area (Å²) < 4.78 is 13.6. The molecule has 3 aromatic rings. The van der Waals surface area contributed by atoms with Gasteiger partial charge in [0.1, 0.15) is 17.7 Å². The highest BCUT2D eigenvalue weighted by Gasteiger charge is 2.34. The van der Waals surface area contributed by atoms with E-state index < -0.39 is 0 Å². The largest absolute Gasteiger partial charge is 0.386 e. The van der Waals surface area contributed by atoms with Gasteiger partial charge in [0.05, 0.1) is 30.5 Å². The normalized spacial score (nSPS) is 24.9. The zero-order valence-corrected chi connectivity index (χ0v) is 17.9. The van der Waals surface area contributed by atoms with Crippen molar-refractivity contribution in [2.24, 2.45) is 0 Å². The van der Waals surface area contributed by atoms with E-state index in [1.165, 1.54) is 10.9 Å². The maximum absolute atomic E-state index is 13.0. The fourth-order valence-corrected chi connectivity index (χ4v) is 4.71. The van der Waals surface area contributed by atoms with E-state index in [1.807, 2.05) is 13.1 Å². The van der Waals surface area contributed by atoms with E-state index in [0.717, 1.165) is 54.8 Å². The highest BCUT2D eigenvalue weighted by molar-refractivity contribution is 5.94. The van der Waals surface area contributed by atoms with Crippen LogP contribution in [-0.2, 0) is 16.1 Å². The number of hydrogen-bond donors (Lipinski definition) is 3. The number of nitrogens with one attached hydrogen (secondary N) is 3. The molecule has 2 aliphatic heterocycles. The standard InChI is InChI=1S/C23H26N6O3/c1-24-17-10-20-26-15-8-13(7-14(9-15)18-3-2-6-31-18)11-32-19-5-4-16(19)27-23(30)29-12-25-21(17)22(29)28-20/h7-10,12,16,18-19H,2-6,11H2,1H3,(H,27,30)(H2,24,26,28)/t16-,18-,19-/m1/s1. The van der Waals surface area contributed by atoms with Crippen molar-refractivity contribution in [3.8, 4) is 0 Å². The third-order valence-electron chi connectivity index (χ3n) is 6.57. The van der Waals surface area contributed by atoms with Crippen molar-refractivity contribution >= 4 is 34.4 Å². The Bertz CT molecular complexity index is 1190. The van der Waals surface area contributed by atoms with Gasteiger partial charge >= 0.3 is 6.03 Å². The summed E-state index contributed by atoms with van der Waals surface area (Å²) in [6, 6.07) is 8.03. The topological polar surface area (TPSA) is 102 Å². The average molecular weight is 435 g/mol. The Morgan fingerprint density at radius 2 is 2.09 bits per heavy atom. The molecule has 1 saturated carbocycles. The summed E-state index contributed by atoms with van der Waals surface area (Å²) in [5.41, 5.74) is 5.10. The van der Waals surface area contributed by atoms with Crippen molar-refractivity contribution in [3.05, 3.63) is 41.7 Å². The molecule has 1 aliphatic carbocycles. The van der Waals surface area contributed by atoms with Crippen LogP contribution in [0.25, 0.3) is 11.2 Å². The number of imidazole rings is 1. The van der Waals surface area contributed by atoms with E-state index in [2.05, 4.69) is 39.1 Å². The van der Waals surface area contributed by atoms with Crippen LogP contribution in [-0.4, -0.2) is 46.4 Å². The minimum atomic E-state index is -0.242. The molecule has 4 heterocycles. The fourth-order valence-electron chi connectivity index (χ4n) is 4.71. The molecule has 3 atom stereocenters. The van der Waals surface area contributed by atoms with Gasteiger partial charge in [0.15, 0.2) is 5.65 Å². The Balaban J connectivity index is 1.47. The van der Waals surface area contributed by atoms with Crippen LogP contribution in [0.15, 0.2) is 30.6 Å². The molecule has 2 fully saturated rings. The lowest BCUT2D eigenvalue weighted by Gasteiger charge is -2.36. The number of nitrogens with zero attached hydrogens (tertiary/aromatic N) is 3. The van der Waals surface area contributed by atoms with E-state index in [1.54, 1.807) is 0 Å². The molecular weight excluding hydrogens is 408 g/mol. The van der Waals surface area contributed by atoms with Crippen molar-refractivity contribution in [1.82, 2.24) is 19.9 Å². The van der Waals surface area contributed by atoms with Crippen molar-refractivity contribution in [2.45, 2.75) is 50.5 Å². The molecule has 1 saturated heterocycles. The predicted molar refractivity (Wildman–Crippen MR) is 120 cm³/mol. The molecule has 3 aliphatic rings. The van der Waals surface area contributed by atoms with Crippen LogP contribution >= 0.6 is 0 Å². The van der Waals surface area contributed by atoms with Gasteiger partial charge in [0.25, 0.3) is 0 Å². The number of amides is 1. The second-order valence-corrected chi connectivity index (χ2v) is 8.66. The number of ether oxygens (including phenoxy) is 2. The first-order chi connectivity index (χ1) is 15.7. The Labute approximate surface area is 185 Å². The molecule has 6 rings (SSSR count). The Kier molecular flexibility index (Phi) is 4.73. The van der Waals surface area contributed by atoms with Crippen LogP contribution in [0.1, 0.15) is 42.9 Å². The smallest absolute Gasteiger partial charge is 0.328 e. The first kappa shape index (κ1) is 19.5. The summed E-state index contributed by atoms with van der Waals surface area (Å²) in [6.07, 6.45) is 5.54. The minimum Gasteiger partial charge on any atom is -0.386 e. The molecule has 0 unspecified atom stereocenters. The highest BCUT2D eigenvalue weighted by atomic mass is 16.5. The van der Waals surface area contributed by atoms with E-state index >= 15 is 0 Å². The fraction of sp³-hybridized carbons (Fsp3) is 0.435. The first-order valence-corrected chi connectivity index (χ1v) is 11.2. The van der Waals surface area contributed by atoms with Crippen molar-refractivity contribution < 1.29 is 14.3 Å². The summed E-state index contributed by atoms with van der Waals surface area (Å²) in [4.78, 5) is 22.1. The van der Waals surface area contributed by atoms with Gasteiger partial charge in [-0.1, -0.05) is 6.07 Å². The van der Waals surface area contributed by atoms with E-state index in [4.69, 9.17) is 14.5 Å². The number of carbonyl (C=O) groups is 1. The Morgan fingerprint density at radius 3 is 2.88 bits per heavy atom. The van der Waals surface area contributed by atoms with E-state index in [-0.39, 0.29) is 24.3 Å². The molecule has 1 aromatic carbocycles. The molecule has 9 heteroatoms. The molecule has 2 aromatic heterocycles. The number of rotatable bonds is 2. The zero-order valence-electron chi connectivity index (χ0n) is 17.9. The van der Waals surface area contributed by atoms with Crippen LogP contribution in [0.4, 0.5) is 22.0 Å². The van der Waals surface area contributed by atoms with Crippen LogP contribution in [0.3, 0.4) is 0 Å². The maximum Gasteiger partial charge on any atom is 0.328 e. The van der Waals surface area contributed by atoms with E-state index in [0.29, 0.717) is 23.6 Å². The van der Waals surface area contributed by atoms with Crippen molar-refractivity contribution in [1.29, 1.82) is 0 Å². The molecule has 166 valence electrons. The van der Waals surface area contributed by atoms with Gasteiger partial charge in [-0.25, -0.2) is 19.3 Å². The van der Waals surface area contributed by atoms with Crippen LogP contribution in [0, 0.1) is 0 Å². The molecular formula is C23H26N6O3. The monoisotopic (exact) mass is 434 g/mol. The summed E-state index contributed by atoms with van der Waals surface area (Å²) in [5.74, 6) is 0.631. The quantitative estimate of drug-likeness (QED) is 0.565. The number of fused-ring (bicyclic) bond motifs is 4. The summed E-state index contributed by atoms with van der Waals surface area (Å²) in [6.45, 7) is 1.28. The third kappa shape index (κ3) is 3.37. The van der Waals surface area contributed by atoms with E-state index in [9.17, 15) is 4.79 Å². The average Bonchev–Trinajstić information content (AvgIpc) is 3.46. The number of aromatic nitrogens is 3. The van der Waals surface area contributed by atoms with Crippen molar-refractivity contribution in [3.63, 3.8) is 0 Å². The molecule has 0 spiro atoms. The molecule has 3 N–H and O–H groups in total. The van der Waals surface area contributed by atoms with Gasteiger partial charge in [-0.05, 0) is 48.9 Å². The lowest BCUT2D eigenvalue weighted by Crippen LogP contribution is -2.52. The summed E-state index contributed by atoms with van der Waals surface area (Å²) in [5, 5.41) is 9.68. The molecule has 0 radical (unpaired) electrons. The van der Waals surface area contributed by atoms with Crippen molar-refractivity contribution in [2.75, 3.05) is 24.3 Å². The number of hydrogen-bond acceptors (Lipinski definition) is 7. The molecule has 1 amide bonds. The van der Waals surface area contributed by atoms with Crippen LogP contribution in [0.2, 0.25) is 0 Å². The Hall–Kier alpha value is -3.17. The maximum atomic E-state index is 13.0. The molecule has 9 nitrogen and oxygen atoms in total. The first-order valence-electron chi connectivity index (χ1n) is 11.2. The highest BCUT2D eigenvalue weighted by Crippen LogP contribution is 2.34. The second-order valence-electron chi connectivity index (χ2n) is 8.66. The molecule has 32 heavy (non-hydrogen) atoms. The lowest BCUT2D eigenvalue weighted by molar-refractivity contribution is -0.0323. The van der Waals surface area contributed by atoms with Gasteiger partial charge in [-0.15, -0.1) is 0 Å². The SMILES string of the molecule is CNc1cc2nc3c1ncn3C(=O)N[C@@H]1CC[C@H]1OCc1cc(cc([C@H]3CCCO3)c1)N2. The second kappa shape index (κ2) is 7.75. The van der Waals surface area contributed by atoms with Gasteiger partial charge in [0, 0.05) is 25.4 Å². The number of benzene rings is 1. The van der Waals surface area contributed by atoms with Gasteiger partial charge in [-0.3, -0.25) is 0 Å². The third-order valence-corrected chi connectivity index (χ3v) is 6.57. The summed E-state index contributed by atoms with van der Waals surface area (Å²) in [7, 11) is 1.84. The van der Waals surface area contributed by atoms with Gasteiger partial charge < -0.3 is 25.4 Å². The van der Waals surface area contributed by atoms with Crippen LogP contribution in [0.5, 0.6) is 0 Å². The predicted octanol–water partition coefficient (Wildman–Crippen LogP) is 3.69.